The van der Waals surface area contributed by atoms with Gasteiger partial charge in [0.05, 0.1) is 12.8 Å². The van der Waals surface area contributed by atoms with Crippen molar-refractivity contribution >= 4 is 10.0 Å². The Labute approximate surface area is 94.4 Å². The van der Waals surface area contributed by atoms with Crippen LogP contribution in [0.15, 0.2) is 11.2 Å². The molecule has 4 N–H and O–H groups in total. The van der Waals surface area contributed by atoms with Gasteiger partial charge in [-0.25, -0.2) is 13.1 Å². The maximum atomic E-state index is 11.7. The van der Waals surface area contributed by atoms with Gasteiger partial charge in [0, 0.05) is 25.3 Å². The van der Waals surface area contributed by atoms with E-state index in [0.717, 1.165) is 0 Å². The maximum Gasteiger partial charge on any atom is 0.257 e. The minimum atomic E-state index is -3.57. The smallest absolute Gasteiger partial charge is 0.257 e. The molecule has 1 aromatic heterocycles. The van der Waals surface area contributed by atoms with E-state index in [0.29, 0.717) is 18.8 Å². The van der Waals surface area contributed by atoms with Gasteiger partial charge in [-0.3, -0.25) is 5.10 Å². The molecule has 0 unspecified atom stereocenters. The van der Waals surface area contributed by atoms with Crippen molar-refractivity contribution in [2.45, 2.75) is 18.5 Å². The topological polar surface area (TPSA) is 110 Å². The fourth-order valence-electron chi connectivity index (χ4n) is 1.14. The average Bonchev–Trinajstić information content (AvgIpc) is 2.73. The third kappa shape index (κ3) is 3.27. The molecule has 0 bridgehead atoms. The van der Waals surface area contributed by atoms with E-state index in [-0.39, 0.29) is 18.1 Å². The Balaban J connectivity index is 2.64. The van der Waals surface area contributed by atoms with Gasteiger partial charge in [0.25, 0.3) is 10.0 Å². The van der Waals surface area contributed by atoms with E-state index in [1.54, 1.807) is 0 Å². The molecule has 8 heteroatoms. The van der Waals surface area contributed by atoms with Crippen LogP contribution in [0.3, 0.4) is 0 Å². The molecule has 0 saturated heterocycles. The molecule has 92 valence electrons. The van der Waals surface area contributed by atoms with Crippen LogP contribution in [0.25, 0.3) is 0 Å². The number of nitrogens with two attached hydrogens (primary N) is 1. The molecule has 0 amide bonds. The standard InChI is InChI=1S/C8H16N4O3S/c1-2-15-4-3-11-16(13,14)8-7(5-9)6-10-12-8/h6,11H,2-5,9H2,1H3,(H,10,12). The molecule has 0 saturated carbocycles. The van der Waals surface area contributed by atoms with Gasteiger partial charge in [-0.1, -0.05) is 0 Å². The molecule has 0 fully saturated rings. The number of nitrogens with one attached hydrogen (secondary N) is 2. The SMILES string of the molecule is CCOCCNS(=O)(=O)c1[nH]ncc1CN. The van der Waals surface area contributed by atoms with E-state index in [1.165, 1.54) is 6.20 Å². The summed E-state index contributed by atoms with van der Waals surface area (Å²) in [5, 5.41) is 6.08. The minimum Gasteiger partial charge on any atom is -0.380 e. The van der Waals surface area contributed by atoms with E-state index in [4.69, 9.17) is 10.5 Å². The van der Waals surface area contributed by atoms with Crippen LogP contribution in [0, 0.1) is 0 Å². The highest BCUT2D eigenvalue weighted by molar-refractivity contribution is 7.89. The molecule has 0 aliphatic rings. The predicted octanol–water partition coefficient (Wildman–Crippen LogP) is -0.817. The summed E-state index contributed by atoms with van der Waals surface area (Å²) in [7, 11) is -3.57. The molecule has 0 atom stereocenters. The van der Waals surface area contributed by atoms with Crippen LogP contribution < -0.4 is 10.5 Å². The van der Waals surface area contributed by atoms with Crippen molar-refractivity contribution in [2.24, 2.45) is 5.73 Å². The lowest BCUT2D eigenvalue weighted by Gasteiger charge is -2.06. The van der Waals surface area contributed by atoms with Gasteiger partial charge in [-0.2, -0.15) is 5.10 Å². The van der Waals surface area contributed by atoms with Crippen LogP contribution in [0.1, 0.15) is 12.5 Å². The van der Waals surface area contributed by atoms with Crippen LogP contribution in [0.4, 0.5) is 0 Å². The first-order chi connectivity index (χ1) is 7.61. The molecular formula is C8H16N4O3S. The normalized spacial score (nSPS) is 11.9. The Kier molecular flexibility index (Phi) is 4.87. The summed E-state index contributed by atoms with van der Waals surface area (Å²) >= 11 is 0. The Morgan fingerprint density at radius 3 is 3.00 bits per heavy atom. The average molecular weight is 248 g/mol. The van der Waals surface area contributed by atoms with Crippen molar-refractivity contribution in [1.82, 2.24) is 14.9 Å². The number of aromatic nitrogens is 2. The Hall–Kier alpha value is -0.960. The van der Waals surface area contributed by atoms with Crippen molar-refractivity contribution in [1.29, 1.82) is 0 Å². The number of sulfonamides is 1. The van der Waals surface area contributed by atoms with Gasteiger partial charge in [-0.15, -0.1) is 0 Å². The lowest BCUT2D eigenvalue weighted by atomic mass is 10.4. The molecule has 0 aromatic carbocycles. The largest absolute Gasteiger partial charge is 0.380 e. The summed E-state index contributed by atoms with van der Waals surface area (Å²) in [6, 6.07) is 0. The summed E-state index contributed by atoms with van der Waals surface area (Å²) in [6.07, 6.45) is 1.40. The van der Waals surface area contributed by atoms with Crippen LogP contribution in [-0.4, -0.2) is 38.4 Å². The molecule has 7 nitrogen and oxygen atoms in total. The first-order valence-electron chi connectivity index (χ1n) is 4.91. The zero-order valence-corrected chi connectivity index (χ0v) is 9.88. The second-order valence-corrected chi connectivity index (χ2v) is 4.73. The van der Waals surface area contributed by atoms with Crippen molar-refractivity contribution in [2.75, 3.05) is 19.8 Å². The maximum absolute atomic E-state index is 11.7. The van der Waals surface area contributed by atoms with E-state index >= 15 is 0 Å². The van der Waals surface area contributed by atoms with Gasteiger partial charge < -0.3 is 10.5 Å². The molecule has 1 aromatic rings. The number of aromatic amines is 1. The fourth-order valence-corrected chi connectivity index (χ4v) is 2.29. The number of hydrogen-bond acceptors (Lipinski definition) is 5. The summed E-state index contributed by atoms with van der Waals surface area (Å²) in [5.74, 6) is 0. The van der Waals surface area contributed by atoms with Crippen LogP contribution in [-0.2, 0) is 21.3 Å². The molecule has 0 spiro atoms. The van der Waals surface area contributed by atoms with E-state index < -0.39 is 10.0 Å². The fraction of sp³-hybridized carbons (Fsp3) is 0.625. The molecule has 16 heavy (non-hydrogen) atoms. The highest BCUT2D eigenvalue weighted by Crippen LogP contribution is 2.10. The van der Waals surface area contributed by atoms with Crippen LogP contribution >= 0.6 is 0 Å². The van der Waals surface area contributed by atoms with Crippen molar-refractivity contribution in [3.63, 3.8) is 0 Å². The second kappa shape index (κ2) is 5.94. The summed E-state index contributed by atoms with van der Waals surface area (Å²) in [6.45, 7) is 3.08. The van der Waals surface area contributed by atoms with E-state index in [2.05, 4.69) is 14.9 Å². The number of nitrogens with zero attached hydrogens (tertiary/aromatic N) is 1. The zero-order valence-electron chi connectivity index (χ0n) is 9.06. The Morgan fingerprint density at radius 1 is 1.62 bits per heavy atom. The monoisotopic (exact) mass is 248 g/mol. The summed E-state index contributed by atoms with van der Waals surface area (Å²) in [4.78, 5) is 0. The van der Waals surface area contributed by atoms with E-state index in [9.17, 15) is 8.42 Å². The highest BCUT2D eigenvalue weighted by Gasteiger charge is 2.19. The first-order valence-corrected chi connectivity index (χ1v) is 6.40. The molecular weight excluding hydrogens is 232 g/mol. The minimum absolute atomic E-state index is 0.0199. The molecule has 0 aliphatic carbocycles. The van der Waals surface area contributed by atoms with Gasteiger partial charge in [0.15, 0.2) is 5.03 Å². The van der Waals surface area contributed by atoms with Crippen molar-refractivity contribution < 1.29 is 13.2 Å². The lowest BCUT2D eigenvalue weighted by Crippen LogP contribution is -2.28. The first kappa shape index (κ1) is 13.1. The van der Waals surface area contributed by atoms with Crippen molar-refractivity contribution in [3.8, 4) is 0 Å². The third-order valence-corrected chi connectivity index (χ3v) is 3.38. The lowest BCUT2D eigenvalue weighted by molar-refractivity contribution is 0.153. The number of H-pyrrole nitrogens is 1. The molecule has 0 radical (unpaired) electrons. The predicted molar refractivity (Wildman–Crippen MR) is 58.2 cm³/mol. The number of hydrogen-bond donors (Lipinski definition) is 3. The Morgan fingerprint density at radius 2 is 2.38 bits per heavy atom. The second-order valence-electron chi connectivity index (χ2n) is 3.02. The molecule has 1 heterocycles. The quantitative estimate of drug-likeness (QED) is 0.546. The van der Waals surface area contributed by atoms with Crippen LogP contribution in [0.2, 0.25) is 0 Å². The highest BCUT2D eigenvalue weighted by atomic mass is 32.2. The van der Waals surface area contributed by atoms with Gasteiger partial charge in [-0.05, 0) is 6.92 Å². The number of rotatable bonds is 7. The van der Waals surface area contributed by atoms with Gasteiger partial charge >= 0.3 is 0 Å². The third-order valence-electron chi connectivity index (χ3n) is 1.91. The number of ether oxygens (including phenoxy) is 1. The molecule has 1 rings (SSSR count). The summed E-state index contributed by atoms with van der Waals surface area (Å²) in [5.41, 5.74) is 5.85. The van der Waals surface area contributed by atoms with E-state index in [1.807, 2.05) is 6.92 Å². The van der Waals surface area contributed by atoms with Gasteiger partial charge in [0.1, 0.15) is 0 Å². The van der Waals surface area contributed by atoms with Crippen molar-refractivity contribution in [3.05, 3.63) is 11.8 Å². The Bertz CT molecular complexity index is 415. The van der Waals surface area contributed by atoms with Gasteiger partial charge in [0.2, 0.25) is 0 Å². The summed E-state index contributed by atoms with van der Waals surface area (Å²) < 4.78 is 30.9. The van der Waals surface area contributed by atoms with Crippen LogP contribution in [0.5, 0.6) is 0 Å². The molecule has 0 aliphatic heterocycles. The zero-order chi connectivity index (χ0) is 12.0.